The van der Waals surface area contributed by atoms with Gasteiger partial charge in [-0.3, -0.25) is 0 Å². The molecule has 0 radical (unpaired) electrons. The van der Waals surface area contributed by atoms with Gasteiger partial charge in [0.1, 0.15) is 11.6 Å². The van der Waals surface area contributed by atoms with Crippen molar-refractivity contribution in [1.29, 1.82) is 0 Å². The standard InChI is InChI=1S/C19H19ClFN3O4S/c1-3-27-17-10-5-4-7-13(17)19-22-18(28-23-19)12-24(29(2,25)26)11-14-15(20)8-6-9-16(14)21/h4-10H,3,11-12H2,1-2H3. The molecule has 0 spiro atoms. The van der Waals surface area contributed by atoms with Gasteiger partial charge < -0.3 is 9.26 Å². The van der Waals surface area contributed by atoms with Crippen LogP contribution in [0.2, 0.25) is 5.02 Å². The topological polar surface area (TPSA) is 85.5 Å². The van der Waals surface area contributed by atoms with Crippen molar-refractivity contribution in [1.82, 2.24) is 14.4 Å². The first kappa shape index (κ1) is 21.2. The lowest BCUT2D eigenvalue weighted by molar-refractivity contribution is 0.311. The Balaban J connectivity index is 1.87. The molecule has 0 unspecified atom stereocenters. The summed E-state index contributed by atoms with van der Waals surface area (Å²) < 4.78 is 50.4. The van der Waals surface area contributed by atoms with Crippen LogP contribution in [-0.2, 0) is 23.1 Å². The molecule has 3 aromatic rings. The van der Waals surface area contributed by atoms with Crippen molar-refractivity contribution in [3.8, 4) is 17.1 Å². The largest absolute Gasteiger partial charge is 0.493 e. The first-order chi connectivity index (χ1) is 13.8. The minimum atomic E-state index is -3.71. The number of rotatable bonds is 8. The van der Waals surface area contributed by atoms with Gasteiger partial charge in [0.2, 0.25) is 21.7 Å². The smallest absolute Gasteiger partial charge is 0.242 e. The lowest BCUT2D eigenvalue weighted by Gasteiger charge is -2.19. The fraction of sp³-hybridized carbons (Fsp3) is 0.263. The number of halogens is 2. The molecule has 0 atom stereocenters. The van der Waals surface area contributed by atoms with Crippen molar-refractivity contribution in [2.45, 2.75) is 20.0 Å². The molecule has 10 heteroatoms. The number of sulfonamides is 1. The third kappa shape index (κ3) is 5.11. The highest BCUT2D eigenvalue weighted by molar-refractivity contribution is 7.88. The molecule has 0 aliphatic carbocycles. The van der Waals surface area contributed by atoms with Crippen LogP contribution in [0.5, 0.6) is 5.75 Å². The minimum Gasteiger partial charge on any atom is -0.493 e. The van der Waals surface area contributed by atoms with Gasteiger partial charge >= 0.3 is 0 Å². The highest BCUT2D eigenvalue weighted by Crippen LogP contribution is 2.28. The van der Waals surface area contributed by atoms with Gasteiger partial charge in [0.05, 0.1) is 25.0 Å². The number of nitrogens with zero attached hydrogens (tertiary/aromatic N) is 3. The minimum absolute atomic E-state index is 0.0594. The summed E-state index contributed by atoms with van der Waals surface area (Å²) in [6.07, 6.45) is 1.02. The van der Waals surface area contributed by atoms with Crippen molar-refractivity contribution < 1.29 is 22.1 Å². The molecule has 0 bridgehead atoms. The summed E-state index contributed by atoms with van der Waals surface area (Å²) in [6.45, 7) is 1.83. The summed E-state index contributed by atoms with van der Waals surface area (Å²) in [5, 5.41) is 4.05. The van der Waals surface area contributed by atoms with Crippen LogP contribution in [-0.4, -0.2) is 35.7 Å². The van der Waals surface area contributed by atoms with E-state index in [1.165, 1.54) is 18.2 Å². The van der Waals surface area contributed by atoms with E-state index in [1.54, 1.807) is 18.2 Å². The van der Waals surface area contributed by atoms with Crippen LogP contribution < -0.4 is 4.74 Å². The Labute approximate surface area is 173 Å². The molecule has 1 heterocycles. The van der Waals surface area contributed by atoms with Crippen LogP contribution in [0.25, 0.3) is 11.4 Å². The first-order valence-electron chi connectivity index (χ1n) is 8.72. The first-order valence-corrected chi connectivity index (χ1v) is 10.9. The van der Waals surface area contributed by atoms with E-state index in [1.807, 2.05) is 13.0 Å². The Hall–Kier alpha value is -2.49. The van der Waals surface area contributed by atoms with Gasteiger partial charge in [-0.2, -0.15) is 9.29 Å². The van der Waals surface area contributed by atoms with Gasteiger partial charge in [0, 0.05) is 17.1 Å². The number of hydrogen-bond acceptors (Lipinski definition) is 6. The van der Waals surface area contributed by atoms with Crippen LogP contribution >= 0.6 is 11.6 Å². The molecule has 154 valence electrons. The van der Waals surface area contributed by atoms with E-state index in [0.29, 0.717) is 17.9 Å². The Morgan fingerprint density at radius 3 is 2.62 bits per heavy atom. The molecule has 3 rings (SSSR count). The Morgan fingerprint density at radius 1 is 1.17 bits per heavy atom. The monoisotopic (exact) mass is 439 g/mol. The van der Waals surface area contributed by atoms with Gasteiger partial charge in [0.25, 0.3) is 0 Å². The van der Waals surface area contributed by atoms with Crippen molar-refractivity contribution in [3.05, 3.63) is 64.8 Å². The Morgan fingerprint density at radius 2 is 1.93 bits per heavy atom. The molecule has 0 aliphatic heterocycles. The SMILES string of the molecule is CCOc1ccccc1-c1noc(CN(Cc2c(F)cccc2Cl)S(C)(=O)=O)n1. The fourth-order valence-corrected chi connectivity index (χ4v) is 3.59. The molecule has 0 N–H and O–H groups in total. The molecule has 1 aromatic heterocycles. The maximum atomic E-state index is 14.1. The third-order valence-electron chi connectivity index (χ3n) is 4.07. The van der Waals surface area contributed by atoms with E-state index in [-0.39, 0.29) is 35.4 Å². The van der Waals surface area contributed by atoms with E-state index in [4.69, 9.17) is 20.9 Å². The summed E-state index contributed by atoms with van der Waals surface area (Å²) in [7, 11) is -3.71. The zero-order chi connectivity index (χ0) is 21.0. The second-order valence-electron chi connectivity index (χ2n) is 6.17. The summed E-state index contributed by atoms with van der Waals surface area (Å²) in [4.78, 5) is 4.27. The fourth-order valence-electron chi connectivity index (χ4n) is 2.66. The predicted molar refractivity (Wildman–Crippen MR) is 106 cm³/mol. The van der Waals surface area contributed by atoms with Gasteiger partial charge in [-0.05, 0) is 31.2 Å². The van der Waals surface area contributed by atoms with Gasteiger partial charge in [-0.25, -0.2) is 12.8 Å². The lowest BCUT2D eigenvalue weighted by Crippen LogP contribution is -2.29. The molecule has 2 aromatic carbocycles. The second kappa shape index (κ2) is 8.89. The maximum Gasteiger partial charge on any atom is 0.242 e. The summed E-state index contributed by atoms with van der Waals surface area (Å²) in [6, 6.07) is 11.3. The van der Waals surface area contributed by atoms with Crippen LogP contribution in [0.1, 0.15) is 18.4 Å². The molecule has 0 aliphatic rings. The van der Waals surface area contributed by atoms with E-state index >= 15 is 0 Å². The van der Waals surface area contributed by atoms with Gasteiger partial charge in [0.15, 0.2) is 0 Å². The van der Waals surface area contributed by atoms with Crippen LogP contribution in [0.15, 0.2) is 47.0 Å². The zero-order valence-corrected chi connectivity index (χ0v) is 17.4. The quantitative estimate of drug-likeness (QED) is 0.529. The molecular weight excluding hydrogens is 421 g/mol. The normalized spacial score (nSPS) is 11.8. The van der Waals surface area contributed by atoms with Gasteiger partial charge in [-0.15, -0.1) is 0 Å². The van der Waals surface area contributed by atoms with Crippen LogP contribution in [0.3, 0.4) is 0 Å². The number of para-hydroxylation sites is 1. The Kier molecular flexibility index (Phi) is 6.51. The highest BCUT2D eigenvalue weighted by atomic mass is 35.5. The molecule has 7 nitrogen and oxygen atoms in total. The van der Waals surface area contributed by atoms with Crippen molar-refractivity contribution in [2.75, 3.05) is 12.9 Å². The highest BCUT2D eigenvalue weighted by Gasteiger charge is 2.24. The van der Waals surface area contributed by atoms with Crippen LogP contribution in [0.4, 0.5) is 4.39 Å². The molecular formula is C19H19ClFN3O4S. The number of aromatic nitrogens is 2. The predicted octanol–water partition coefficient (Wildman–Crippen LogP) is 3.89. The number of hydrogen-bond donors (Lipinski definition) is 0. The number of benzene rings is 2. The lowest BCUT2D eigenvalue weighted by atomic mass is 10.2. The van der Waals surface area contributed by atoms with Crippen molar-refractivity contribution >= 4 is 21.6 Å². The summed E-state index contributed by atoms with van der Waals surface area (Å²) in [5.41, 5.74) is 0.688. The zero-order valence-electron chi connectivity index (χ0n) is 15.8. The molecule has 0 saturated carbocycles. The maximum absolute atomic E-state index is 14.1. The third-order valence-corrected chi connectivity index (χ3v) is 5.62. The summed E-state index contributed by atoms with van der Waals surface area (Å²) >= 11 is 6.03. The summed E-state index contributed by atoms with van der Waals surface area (Å²) in [5.74, 6) is 0.314. The average Bonchev–Trinajstić information content (AvgIpc) is 3.12. The molecule has 0 fully saturated rings. The van der Waals surface area contributed by atoms with E-state index < -0.39 is 15.8 Å². The average molecular weight is 440 g/mol. The van der Waals surface area contributed by atoms with E-state index in [0.717, 1.165) is 10.6 Å². The van der Waals surface area contributed by atoms with E-state index in [9.17, 15) is 12.8 Å². The van der Waals surface area contributed by atoms with Gasteiger partial charge in [-0.1, -0.05) is 35.0 Å². The van der Waals surface area contributed by atoms with Crippen molar-refractivity contribution in [2.24, 2.45) is 0 Å². The Bertz CT molecular complexity index is 1080. The molecule has 0 saturated heterocycles. The molecule has 29 heavy (non-hydrogen) atoms. The number of ether oxygens (including phenoxy) is 1. The van der Waals surface area contributed by atoms with Crippen molar-refractivity contribution in [3.63, 3.8) is 0 Å². The van der Waals surface area contributed by atoms with E-state index in [2.05, 4.69) is 10.1 Å². The second-order valence-corrected chi connectivity index (χ2v) is 8.56. The molecule has 0 amide bonds. The van der Waals surface area contributed by atoms with Crippen LogP contribution in [0, 0.1) is 5.82 Å².